The van der Waals surface area contributed by atoms with E-state index in [-0.39, 0.29) is 11.1 Å². The third-order valence-electron chi connectivity index (χ3n) is 5.79. The number of quaternary nitrogens is 1. The van der Waals surface area contributed by atoms with Gasteiger partial charge in [-0.15, -0.1) is 0 Å². The molecular formula is C25H29N2O10S2+. The van der Waals surface area contributed by atoms with Gasteiger partial charge in [-0.05, 0) is 49.9 Å². The summed E-state index contributed by atoms with van der Waals surface area (Å²) >= 11 is 0. The summed E-state index contributed by atoms with van der Waals surface area (Å²) in [5.41, 5.74) is -1.40. The molecule has 0 saturated carbocycles. The zero-order valence-corrected chi connectivity index (χ0v) is 23.8. The SMILES string of the molecule is CC(C)[C@@H](C(=O)ONS(=O)(=O)c1ccccc1S(C)(=O)=O)[N+]1(C(=O)OC(C)(C)C)C(=O)c2ccccc2C1=O. The first-order valence-electron chi connectivity index (χ1n) is 11.7. The predicted octanol–water partition coefficient (Wildman–Crippen LogP) is 2.60. The molecule has 0 spiro atoms. The number of nitrogens with one attached hydrogen (secondary N) is 1. The quantitative estimate of drug-likeness (QED) is 0.292. The van der Waals surface area contributed by atoms with Gasteiger partial charge in [0.05, 0.1) is 16.0 Å². The molecule has 0 aromatic heterocycles. The number of fused-ring (bicyclic) bond motifs is 1. The van der Waals surface area contributed by atoms with Crippen LogP contribution in [-0.2, 0) is 34.2 Å². The van der Waals surface area contributed by atoms with Gasteiger partial charge in [-0.1, -0.05) is 42.6 Å². The number of amides is 3. The summed E-state index contributed by atoms with van der Waals surface area (Å²) in [4.78, 5) is 59.7. The van der Waals surface area contributed by atoms with Crippen molar-refractivity contribution in [3.8, 4) is 0 Å². The second-order valence-electron chi connectivity index (χ2n) is 10.3. The summed E-state index contributed by atoms with van der Waals surface area (Å²) in [7, 11) is -8.76. The summed E-state index contributed by atoms with van der Waals surface area (Å²) in [5, 5.41) is 0. The molecule has 1 aliphatic heterocycles. The lowest BCUT2D eigenvalue weighted by molar-refractivity contribution is -0.714. The molecule has 12 nitrogen and oxygen atoms in total. The molecule has 2 aromatic carbocycles. The lowest BCUT2D eigenvalue weighted by atomic mass is 10.00. The van der Waals surface area contributed by atoms with E-state index >= 15 is 0 Å². The maximum absolute atomic E-state index is 13.7. The smallest absolute Gasteiger partial charge is 0.414 e. The van der Waals surface area contributed by atoms with E-state index in [1.807, 2.05) is 0 Å². The van der Waals surface area contributed by atoms with Gasteiger partial charge in [0.1, 0.15) is 10.5 Å². The van der Waals surface area contributed by atoms with Gasteiger partial charge in [-0.3, -0.25) is 0 Å². The Kier molecular flexibility index (Phi) is 7.91. The van der Waals surface area contributed by atoms with Crippen LogP contribution >= 0.6 is 0 Å². The Hall–Kier alpha value is -3.46. The number of nitrogens with zero attached hydrogens (tertiary/aromatic N) is 1. The summed E-state index contributed by atoms with van der Waals surface area (Å²) in [6.45, 7) is 7.40. The van der Waals surface area contributed by atoms with Crippen LogP contribution in [0.2, 0.25) is 0 Å². The van der Waals surface area contributed by atoms with E-state index in [1.54, 1.807) is 4.89 Å². The van der Waals surface area contributed by atoms with Gasteiger partial charge in [-0.25, -0.2) is 31.2 Å². The van der Waals surface area contributed by atoms with Crippen LogP contribution in [0.15, 0.2) is 58.3 Å². The molecule has 0 unspecified atom stereocenters. The number of hydrogen-bond acceptors (Lipinski definition) is 10. The van der Waals surface area contributed by atoms with Crippen LogP contribution < -0.4 is 4.89 Å². The Morgan fingerprint density at radius 3 is 1.74 bits per heavy atom. The summed E-state index contributed by atoms with van der Waals surface area (Å²) < 4.78 is 53.8. The van der Waals surface area contributed by atoms with E-state index in [0.717, 1.165) is 18.4 Å². The molecule has 0 bridgehead atoms. The van der Waals surface area contributed by atoms with Crippen molar-refractivity contribution in [2.24, 2.45) is 5.92 Å². The topological polar surface area (TPSA) is 167 Å². The Morgan fingerprint density at radius 2 is 1.31 bits per heavy atom. The maximum Gasteiger partial charge on any atom is 0.533 e. The molecule has 1 heterocycles. The van der Waals surface area contributed by atoms with E-state index in [0.29, 0.717) is 0 Å². The fraction of sp³-hybridized carbons (Fsp3) is 0.360. The number of imide groups is 3. The van der Waals surface area contributed by atoms with Crippen LogP contribution in [-0.4, -0.2) is 63.1 Å². The number of sulfone groups is 1. The van der Waals surface area contributed by atoms with Crippen LogP contribution in [0.3, 0.4) is 0 Å². The number of carbonyl (C=O) groups is 4. The third kappa shape index (κ3) is 5.50. The van der Waals surface area contributed by atoms with Crippen LogP contribution in [0.25, 0.3) is 0 Å². The molecule has 0 saturated heterocycles. The van der Waals surface area contributed by atoms with Gasteiger partial charge >= 0.3 is 23.9 Å². The van der Waals surface area contributed by atoms with Gasteiger partial charge in [-0.2, -0.15) is 4.79 Å². The van der Waals surface area contributed by atoms with E-state index in [1.165, 1.54) is 71.0 Å². The first kappa shape index (κ1) is 30.1. The monoisotopic (exact) mass is 581 g/mol. The highest BCUT2D eigenvalue weighted by molar-refractivity contribution is 7.93. The zero-order chi connectivity index (χ0) is 29.6. The second kappa shape index (κ2) is 10.3. The number of hydrogen-bond donors (Lipinski definition) is 1. The second-order valence-corrected chi connectivity index (χ2v) is 13.9. The summed E-state index contributed by atoms with van der Waals surface area (Å²) in [6.07, 6.45) is -0.534. The van der Waals surface area contributed by atoms with Crippen LogP contribution in [0.1, 0.15) is 55.3 Å². The molecule has 0 aliphatic carbocycles. The van der Waals surface area contributed by atoms with E-state index in [2.05, 4.69) is 0 Å². The Bertz CT molecular complexity index is 1540. The molecule has 0 fully saturated rings. The van der Waals surface area contributed by atoms with Crippen molar-refractivity contribution in [3.05, 3.63) is 59.7 Å². The molecule has 39 heavy (non-hydrogen) atoms. The minimum Gasteiger partial charge on any atom is -0.414 e. The predicted molar refractivity (Wildman–Crippen MR) is 136 cm³/mol. The lowest BCUT2D eigenvalue weighted by Gasteiger charge is -2.35. The molecule has 0 radical (unpaired) electrons. The Morgan fingerprint density at radius 1 is 0.846 bits per heavy atom. The maximum atomic E-state index is 13.7. The fourth-order valence-corrected chi connectivity index (χ4v) is 6.67. The van der Waals surface area contributed by atoms with Gasteiger partial charge < -0.3 is 9.57 Å². The lowest BCUT2D eigenvalue weighted by Crippen LogP contribution is -2.68. The molecule has 1 N–H and O–H groups in total. The van der Waals surface area contributed by atoms with E-state index < -0.39 is 75.6 Å². The minimum atomic E-state index is -4.77. The molecule has 1 atom stereocenters. The van der Waals surface area contributed by atoms with Crippen LogP contribution in [0.5, 0.6) is 0 Å². The number of carbonyl (C=O) groups excluding carboxylic acids is 4. The zero-order valence-electron chi connectivity index (χ0n) is 22.1. The van der Waals surface area contributed by atoms with Crippen molar-refractivity contribution in [1.82, 2.24) is 4.89 Å². The molecular weight excluding hydrogens is 552 g/mol. The van der Waals surface area contributed by atoms with Gasteiger partial charge in [0.2, 0.25) is 6.04 Å². The highest BCUT2D eigenvalue weighted by atomic mass is 32.2. The molecule has 14 heteroatoms. The molecule has 3 amide bonds. The number of ether oxygens (including phenoxy) is 1. The van der Waals surface area contributed by atoms with Crippen molar-refractivity contribution in [1.29, 1.82) is 0 Å². The van der Waals surface area contributed by atoms with Crippen LogP contribution in [0, 0.1) is 5.92 Å². The van der Waals surface area contributed by atoms with Gasteiger partial charge in [0.15, 0.2) is 9.84 Å². The molecule has 3 rings (SSSR count). The van der Waals surface area contributed by atoms with Crippen molar-refractivity contribution in [3.63, 3.8) is 0 Å². The van der Waals surface area contributed by atoms with Crippen molar-refractivity contribution < 1.29 is 50.1 Å². The van der Waals surface area contributed by atoms with Gasteiger partial charge in [0.25, 0.3) is 10.0 Å². The number of sulfonamides is 1. The summed E-state index contributed by atoms with van der Waals surface area (Å²) in [6, 6.07) is 8.37. The average Bonchev–Trinajstić information content (AvgIpc) is 3.04. The average molecular weight is 582 g/mol. The molecule has 210 valence electrons. The largest absolute Gasteiger partial charge is 0.533 e. The highest BCUT2D eigenvalue weighted by Crippen LogP contribution is 2.38. The Labute approximate surface area is 226 Å². The third-order valence-corrected chi connectivity index (χ3v) is 8.31. The first-order chi connectivity index (χ1) is 17.9. The normalized spacial score (nSPS) is 16.1. The van der Waals surface area contributed by atoms with E-state index in [4.69, 9.17) is 9.57 Å². The van der Waals surface area contributed by atoms with Crippen molar-refractivity contribution in [2.75, 3.05) is 6.26 Å². The fourth-order valence-electron chi connectivity index (χ4n) is 4.25. The minimum absolute atomic E-state index is 0.116. The Balaban J connectivity index is 2.09. The van der Waals surface area contributed by atoms with Crippen LogP contribution in [0.4, 0.5) is 4.79 Å². The summed E-state index contributed by atoms with van der Waals surface area (Å²) in [5.74, 6) is -4.44. The van der Waals surface area contributed by atoms with Gasteiger partial charge in [0, 0.05) is 12.2 Å². The number of benzene rings is 2. The first-order valence-corrected chi connectivity index (χ1v) is 15.1. The van der Waals surface area contributed by atoms with E-state index in [9.17, 15) is 36.0 Å². The standard InChI is InChI=1S/C25H29N2O10S2/c1-15(2)20(23(30)37-26-39(34,35)19-14-10-9-13-18(19)38(6,32)33)27(24(31)36-25(3,4)5)21(28)16-11-7-8-12-17(16)22(27)29/h7-15,20,26H,1-6H3/q+1/t20-/m0/s1. The highest BCUT2D eigenvalue weighted by Gasteiger charge is 2.69. The van der Waals surface area contributed by atoms with Crippen molar-refractivity contribution >= 4 is 43.7 Å². The molecule has 2 aromatic rings. The molecule has 1 aliphatic rings. The van der Waals surface area contributed by atoms with Crippen molar-refractivity contribution in [2.45, 2.75) is 56.1 Å². The number of rotatable bonds is 7.